The lowest BCUT2D eigenvalue weighted by Crippen LogP contribution is -2.28. The van der Waals surface area contributed by atoms with Crippen LogP contribution in [0.2, 0.25) is 0 Å². The molecular formula is C16H14N2O4. The molecular weight excluding hydrogens is 284 g/mol. The van der Waals surface area contributed by atoms with Crippen LogP contribution in [-0.2, 0) is 0 Å². The highest BCUT2D eigenvalue weighted by atomic mass is 16.5. The maximum Gasteiger partial charge on any atom is 0.273 e. The van der Waals surface area contributed by atoms with Gasteiger partial charge >= 0.3 is 0 Å². The Balaban J connectivity index is 1.62. The summed E-state index contributed by atoms with van der Waals surface area (Å²) in [5.41, 5.74) is 1.61. The molecule has 3 aromatic rings. The van der Waals surface area contributed by atoms with E-state index in [2.05, 4.69) is 10.5 Å². The van der Waals surface area contributed by atoms with Crippen molar-refractivity contribution in [3.63, 3.8) is 0 Å². The third-order valence-electron chi connectivity index (χ3n) is 3.19. The molecule has 6 heteroatoms. The van der Waals surface area contributed by atoms with Gasteiger partial charge in [0.2, 0.25) is 0 Å². The van der Waals surface area contributed by atoms with Gasteiger partial charge in [-0.25, -0.2) is 0 Å². The number of furan rings is 1. The third kappa shape index (κ3) is 3.07. The normalized spacial score (nSPS) is 12.0. The minimum Gasteiger partial charge on any atom is -0.472 e. The lowest BCUT2D eigenvalue weighted by molar-refractivity contribution is 0.0907. The zero-order valence-corrected chi connectivity index (χ0v) is 11.6. The Morgan fingerprint density at radius 2 is 2.09 bits per heavy atom. The molecule has 0 saturated carbocycles. The van der Waals surface area contributed by atoms with Crippen LogP contribution in [0.5, 0.6) is 0 Å². The van der Waals surface area contributed by atoms with E-state index < -0.39 is 12.0 Å². The van der Waals surface area contributed by atoms with Crippen LogP contribution in [0.25, 0.3) is 11.3 Å². The van der Waals surface area contributed by atoms with Gasteiger partial charge in [0, 0.05) is 23.7 Å². The number of aromatic nitrogens is 1. The Labute approximate surface area is 126 Å². The number of amides is 1. The van der Waals surface area contributed by atoms with Gasteiger partial charge in [0.05, 0.1) is 18.6 Å². The second kappa shape index (κ2) is 6.28. The summed E-state index contributed by atoms with van der Waals surface area (Å²) in [7, 11) is 0. The number of aliphatic hydroxyl groups excluding tert-OH is 1. The van der Waals surface area contributed by atoms with Crippen LogP contribution in [0.4, 0.5) is 0 Å². The van der Waals surface area contributed by atoms with E-state index in [0.29, 0.717) is 11.3 Å². The molecule has 0 aliphatic rings. The maximum atomic E-state index is 12.0. The highest BCUT2D eigenvalue weighted by Crippen LogP contribution is 2.19. The minimum absolute atomic E-state index is 0.0614. The van der Waals surface area contributed by atoms with Crippen LogP contribution in [-0.4, -0.2) is 22.7 Å². The van der Waals surface area contributed by atoms with E-state index in [1.54, 1.807) is 12.1 Å². The number of hydrogen-bond donors (Lipinski definition) is 2. The molecule has 2 aromatic heterocycles. The summed E-state index contributed by atoms with van der Waals surface area (Å²) < 4.78 is 10.0. The molecule has 22 heavy (non-hydrogen) atoms. The number of nitrogens with one attached hydrogen (secondary N) is 1. The van der Waals surface area contributed by atoms with Gasteiger partial charge < -0.3 is 19.4 Å². The predicted molar refractivity (Wildman–Crippen MR) is 77.9 cm³/mol. The van der Waals surface area contributed by atoms with Gasteiger partial charge in [0.25, 0.3) is 5.91 Å². The topological polar surface area (TPSA) is 88.5 Å². The van der Waals surface area contributed by atoms with Gasteiger partial charge in [0.1, 0.15) is 0 Å². The summed E-state index contributed by atoms with van der Waals surface area (Å²) in [5.74, 6) is 0.106. The Hall–Kier alpha value is -2.86. The molecule has 0 aliphatic carbocycles. The summed E-state index contributed by atoms with van der Waals surface area (Å²) >= 11 is 0. The van der Waals surface area contributed by atoms with Crippen molar-refractivity contribution in [3.05, 3.63) is 66.2 Å². The fraction of sp³-hybridized carbons (Fsp3) is 0.125. The van der Waals surface area contributed by atoms with Crippen molar-refractivity contribution in [3.8, 4) is 11.3 Å². The summed E-state index contributed by atoms with van der Waals surface area (Å²) in [6.07, 6.45) is 2.06. The van der Waals surface area contributed by atoms with Gasteiger partial charge in [-0.15, -0.1) is 0 Å². The lowest BCUT2D eigenvalue weighted by Gasteiger charge is -2.08. The van der Waals surface area contributed by atoms with Crippen LogP contribution in [0.3, 0.4) is 0 Å². The molecule has 2 heterocycles. The van der Waals surface area contributed by atoms with Crippen molar-refractivity contribution in [1.82, 2.24) is 10.5 Å². The van der Waals surface area contributed by atoms with E-state index in [4.69, 9.17) is 8.94 Å². The first-order valence-electron chi connectivity index (χ1n) is 6.74. The number of benzene rings is 1. The van der Waals surface area contributed by atoms with Gasteiger partial charge in [-0.3, -0.25) is 4.79 Å². The molecule has 1 amide bonds. The Morgan fingerprint density at radius 3 is 2.82 bits per heavy atom. The Morgan fingerprint density at radius 1 is 1.27 bits per heavy atom. The minimum atomic E-state index is -0.830. The van der Waals surface area contributed by atoms with Crippen LogP contribution >= 0.6 is 0 Å². The van der Waals surface area contributed by atoms with Crippen molar-refractivity contribution in [2.45, 2.75) is 6.10 Å². The summed E-state index contributed by atoms with van der Waals surface area (Å²) in [6.45, 7) is 0.0614. The molecule has 0 radical (unpaired) electrons. The smallest absolute Gasteiger partial charge is 0.273 e. The number of aliphatic hydroxyl groups is 1. The third-order valence-corrected chi connectivity index (χ3v) is 3.19. The molecule has 0 fully saturated rings. The van der Waals surface area contributed by atoms with Crippen LogP contribution in [0.15, 0.2) is 63.9 Å². The number of nitrogens with zero attached hydrogens (tertiary/aromatic N) is 1. The summed E-state index contributed by atoms with van der Waals surface area (Å²) in [6, 6.07) is 12.6. The van der Waals surface area contributed by atoms with E-state index in [1.165, 1.54) is 12.5 Å². The van der Waals surface area contributed by atoms with Crippen molar-refractivity contribution >= 4 is 5.91 Å². The van der Waals surface area contributed by atoms with Crippen molar-refractivity contribution < 1.29 is 18.8 Å². The highest BCUT2D eigenvalue weighted by Gasteiger charge is 2.15. The largest absolute Gasteiger partial charge is 0.472 e. The van der Waals surface area contributed by atoms with Crippen molar-refractivity contribution in [1.29, 1.82) is 0 Å². The van der Waals surface area contributed by atoms with Crippen molar-refractivity contribution in [2.24, 2.45) is 0 Å². The fourth-order valence-corrected chi connectivity index (χ4v) is 1.98. The van der Waals surface area contributed by atoms with E-state index in [0.717, 1.165) is 5.56 Å². The average molecular weight is 298 g/mol. The van der Waals surface area contributed by atoms with E-state index in [9.17, 15) is 9.90 Å². The van der Waals surface area contributed by atoms with Gasteiger partial charge in [-0.2, -0.15) is 0 Å². The number of carbonyl (C=O) groups is 1. The Bertz CT molecular complexity index is 735. The first kappa shape index (κ1) is 14.1. The average Bonchev–Trinajstić information content (AvgIpc) is 3.24. The van der Waals surface area contributed by atoms with Gasteiger partial charge in [0.15, 0.2) is 11.5 Å². The summed E-state index contributed by atoms with van der Waals surface area (Å²) in [4.78, 5) is 12.0. The molecule has 1 aromatic carbocycles. The molecule has 0 spiro atoms. The molecule has 112 valence electrons. The second-order valence-corrected chi connectivity index (χ2v) is 4.72. The number of hydrogen-bond acceptors (Lipinski definition) is 5. The SMILES string of the molecule is O=C(NC[C@@H](O)c1ccoc1)c1cc(-c2ccccc2)on1. The molecule has 0 saturated heterocycles. The molecule has 0 bridgehead atoms. The van der Waals surface area contributed by atoms with Crippen molar-refractivity contribution in [2.75, 3.05) is 6.54 Å². The molecule has 0 unspecified atom stereocenters. The monoisotopic (exact) mass is 298 g/mol. The fourth-order valence-electron chi connectivity index (χ4n) is 1.98. The molecule has 6 nitrogen and oxygen atoms in total. The van der Waals surface area contributed by atoms with Gasteiger partial charge in [-0.05, 0) is 6.07 Å². The quantitative estimate of drug-likeness (QED) is 0.755. The van der Waals surface area contributed by atoms with E-state index in [-0.39, 0.29) is 12.2 Å². The molecule has 2 N–H and O–H groups in total. The zero-order valence-electron chi connectivity index (χ0n) is 11.6. The maximum absolute atomic E-state index is 12.0. The van der Waals surface area contributed by atoms with Crippen LogP contribution in [0.1, 0.15) is 22.2 Å². The molecule has 3 rings (SSSR count). The Kier molecular flexibility index (Phi) is 4.02. The van der Waals surface area contributed by atoms with Crippen LogP contribution < -0.4 is 5.32 Å². The summed E-state index contributed by atoms with van der Waals surface area (Å²) in [5, 5.41) is 16.2. The number of carbonyl (C=O) groups excluding carboxylic acids is 1. The predicted octanol–water partition coefficient (Wildman–Crippen LogP) is 2.40. The standard InChI is InChI=1S/C16H14N2O4/c19-14(12-6-7-21-10-12)9-17-16(20)13-8-15(22-18-13)11-4-2-1-3-5-11/h1-8,10,14,19H,9H2,(H,17,20)/t14-/m1/s1. The molecule has 1 atom stereocenters. The van der Waals surface area contributed by atoms with E-state index >= 15 is 0 Å². The molecule has 0 aliphatic heterocycles. The first-order valence-corrected chi connectivity index (χ1v) is 6.74. The highest BCUT2D eigenvalue weighted by molar-refractivity contribution is 5.93. The second-order valence-electron chi connectivity index (χ2n) is 4.72. The van der Waals surface area contributed by atoms with E-state index in [1.807, 2.05) is 30.3 Å². The zero-order chi connectivity index (χ0) is 15.4. The lowest BCUT2D eigenvalue weighted by atomic mass is 10.1. The van der Waals surface area contributed by atoms with Gasteiger partial charge in [-0.1, -0.05) is 35.5 Å². The van der Waals surface area contributed by atoms with Crippen LogP contribution in [0, 0.1) is 0 Å². The first-order chi connectivity index (χ1) is 10.7. The number of rotatable bonds is 5.